The summed E-state index contributed by atoms with van der Waals surface area (Å²) in [5, 5.41) is 11.1. The molecule has 2 rings (SSSR count). The van der Waals surface area contributed by atoms with Crippen LogP contribution < -0.4 is 10.5 Å². The summed E-state index contributed by atoms with van der Waals surface area (Å²) in [6.45, 7) is 2.35. The van der Waals surface area contributed by atoms with Gasteiger partial charge in [0.15, 0.2) is 0 Å². The van der Waals surface area contributed by atoms with E-state index < -0.39 is 5.72 Å². The highest BCUT2D eigenvalue weighted by Crippen LogP contribution is 2.26. The van der Waals surface area contributed by atoms with Gasteiger partial charge in [-0.2, -0.15) is 0 Å². The van der Waals surface area contributed by atoms with Crippen molar-refractivity contribution < 1.29 is 19.4 Å². The molecule has 0 aliphatic rings. The fraction of sp³-hybridized carbons (Fsp3) is 0.350. The summed E-state index contributed by atoms with van der Waals surface area (Å²) < 4.78 is 10.4. The molecule has 3 N–H and O–H groups in total. The van der Waals surface area contributed by atoms with Gasteiger partial charge in [-0.1, -0.05) is 42.8 Å². The first-order valence-corrected chi connectivity index (χ1v) is 8.74. The van der Waals surface area contributed by atoms with Gasteiger partial charge >= 0.3 is 5.97 Å². The number of halogens is 1. The van der Waals surface area contributed by atoms with Crippen LogP contribution in [0.4, 0.5) is 0 Å². The Hall–Kier alpha value is -2.08. The first kappa shape index (κ1) is 20.2. The van der Waals surface area contributed by atoms with Crippen LogP contribution in [0, 0.1) is 5.92 Å². The SMILES string of the molecule is COC(=O)Cc1ccc(OC[C@H](C)C[C@@](N)(O)c2cccc(Cl)c2)cc1. The number of esters is 1. The molecule has 0 saturated carbocycles. The number of carbonyl (C=O) groups excluding carboxylic acids is 1. The van der Waals surface area contributed by atoms with Crippen molar-refractivity contribution in [3.05, 3.63) is 64.7 Å². The van der Waals surface area contributed by atoms with Crippen LogP contribution >= 0.6 is 11.6 Å². The molecule has 6 heteroatoms. The summed E-state index contributed by atoms with van der Waals surface area (Å²) in [6, 6.07) is 14.1. The third-order valence-corrected chi connectivity index (χ3v) is 4.25. The fourth-order valence-corrected chi connectivity index (χ4v) is 2.84. The maximum absolute atomic E-state index is 11.3. The predicted molar refractivity (Wildman–Crippen MR) is 101 cm³/mol. The third kappa shape index (κ3) is 6.02. The molecule has 0 radical (unpaired) electrons. The van der Waals surface area contributed by atoms with Crippen molar-refractivity contribution in [3.63, 3.8) is 0 Å². The molecule has 0 aliphatic heterocycles. The number of nitrogens with two attached hydrogens (primary N) is 1. The highest BCUT2D eigenvalue weighted by molar-refractivity contribution is 6.30. The first-order valence-electron chi connectivity index (χ1n) is 8.36. The normalized spacial score (nSPS) is 14.3. The number of methoxy groups -OCH3 is 1. The quantitative estimate of drug-likeness (QED) is 0.545. The molecule has 26 heavy (non-hydrogen) atoms. The predicted octanol–water partition coefficient (Wildman–Crippen LogP) is 3.26. The fourth-order valence-electron chi connectivity index (χ4n) is 2.65. The Morgan fingerprint density at radius 2 is 1.96 bits per heavy atom. The van der Waals surface area contributed by atoms with Crippen LogP contribution in [-0.4, -0.2) is 24.8 Å². The summed E-state index contributed by atoms with van der Waals surface area (Å²) in [7, 11) is 1.36. The second-order valence-electron chi connectivity index (χ2n) is 6.45. The van der Waals surface area contributed by atoms with E-state index in [1.54, 1.807) is 36.4 Å². The molecule has 0 heterocycles. The summed E-state index contributed by atoms with van der Waals surface area (Å²) in [6.07, 6.45) is 0.556. The van der Waals surface area contributed by atoms with Crippen LogP contribution in [0.25, 0.3) is 0 Å². The maximum Gasteiger partial charge on any atom is 0.309 e. The molecule has 0 bridgehead atoms. The van der Waals surface area contributed by atoms with E-state index in [1.807, 2.05) is 19.1 Å². The average Bonchev–Trinajstić information content (AvgIpc) is 2.60. The summed E-state index contributed by atoms with van der Waals surface area (Å²) >= 11 is 5.96. The second-order valence-corrected chi connectivity index (χ2v) is 6.89. The summed E-state index contributed by atoms with van der Waals surface area (Å²) in [5.74, 6) is 0.419. The zero-order valence-electron chi connectivity index (χ0n) is 14.9. The van der Waals surface area contributed by atoms with E-state index in [-0.39, 0.29) is 18.3 Å². The van der Waals surface area contributed by atoms with Gasteiger partial charge in [0.05, 0.1) is 20.1 Å². The van der Waals surface area contributed by atoms with E-state index in [2.05, 4.69) is 4.74 Å². The summed E-state index contributed by atoms with van der Waals surface area (Å²) in [4.78, 5) is 11.3. The van der Waals surface area contributed by atoms with Crippen molar-refractivity contribution in [2.45, 2.75) is 25.5 Å². The van der Waals surface area contributed by atoms with Crippen LogP contribution in [0.15, 0.2) is 48.5 Å². The number of benzene rings is 2. The number of carbonyl (C=O) groups is 1. The maximum atomic E-state index is 11.3. The molecule has 2 aromatic rings. The van der Waals surface area contributed by atoms with Crippen molar-refractivity contribution >= 4 is 17.6 Å². The van der Waals surface area contributed by atoms with E-state index in [4.69, 9.17) is 22.1 Å². The van der Waals surface area contributed by atoms with E-state index in [0.29, 0.717) is 29.4 Å². The average molecular weight is 378 g/mol. The molecule has 5 nitrogen and oxygen atoms in total. The lowest BCUT2D eigenvalue weighted by Crippen LogP contribution is -2.39. The van der Waals surface area contributed by atoms with E-state index in [9.17, 15) is 9.90 Å². The zero-order valence-corrected chi connectivity index (χ0v) is 15.7. The smallest absolute Gasteiger partial charge is 0.309 e. The lowest BCUT2D eigenvalue weighted by atomic mass is 9.93. The van der Waals surface area contributed by atoms with Gasteiger partial charge in [0.2, 0.25) is 0 Å². The van der Waals surface area contributed by atoms with Gasteiger partial charge in [-0.05, 0) is 47.7 Å². The highest BCUT2D eigenvalue weighted by atomic mass is 35.5. The zero-order chi connectivity index (χ0) is 19.2. The molecule has 0 aromatic heterocycles. The molecular weight excluding hydrogens is 354 g/mol. The molecule has 140 valence electrons. The first-order chi connectivity index (χ1) is 12.3. The van der Waals surface area contributed by atoms with E-state index >= 15 is 0 Å². The summed E-state index contributed by atoms with van der Waals surface area (Å²) in [5.41, 5.74) is 6.01. The van der Waals surface area contributed by atoms with Crippen LogP contribution in [0.3, 0.4) is 0 Å². The van der Waals surface area contributed by atoms with Crippen LogP contribution in [0.2, 0.25) is 5.02 Å². The highest BCUT2D eigenvalue weighted by Gasteiger charge is 2.27. The van der Waals surface area contributed by atoms with Gasteiger partial charge in [0, 0.05) is 5.02 Å². The molecule has 2 aromatic carbocycles. The minimum absolute atomic E-state index is 0.0127. The van der Waals surface area contributed by atoms with Crippen LogP contribution in [0.5, 0.6) is 5.75 Å². The van der Waals surface area contributed by atoms with E-state index in [1.165, 1.54) is 7.11 Å². The number of hydrogen-bond donors (Lipinski definition) is 2. The van der Waals surface area contributed by atoms with Gasteiger partial charge in [-0.15, -0.1) is 0 Å². The Morgan fingerprint density at radius 1 is 1.27 bits per heavy atom. The monoisotopic (exact) mass is 377 g/mol. The minimum atomic E-state index is -1.47. The lowest BCUT2D eigenvalue weighted by molar-refractivity contribution is -0.139. The number of ether oxygens (including phenoxy) is 2. The van der Waals surface area contributed by atoms with Crippen LogP contribution in [0.1, 0.15) is 24.5 Å². The Morgan fingerprint density at radius 3 is 2.58 bits per heavy atom. The van der Waals surface area contributed by atoms with Crippen molar-refractivity contribution in [2.24, 2.45) is 11.7 Å². The number of hydrogen-bond acceptors (Lipinski definition) is 5. The van der Waals surface area contributed by atoms with Gasteiger partial charge in [0.1, 0.15) is 11.5 Å². The molecular formula is C20H24ClNO4. The van der Waals surface area contributed by atoms with Crippen molar-refractivity contribution in [1.82, 2.24) is 0 Å². The van der Waals surface area contributed by atoms with Crippen molar-refractivity contribution in [2.75, 3.05) is 13.7 Å². The Kier molecular flexibility index (Phi) is 7.03. The molecule has 0 amide bonds. The van der Waals surface area contributed by atoms with Gasteiger partial charge < -0.3 is 14.6 Å². The molecule has 0 spiro atoms. The lowest BCUT2D eigenvalue weighted by Gasteiger charge is -2.27. The topological polar surface area (TPSA) is 81.8 Å². The molecule has 0 unspecified atom stereocenters. The molecule has 0 fully saturated rings. The third-order valence-electron chi connectivity index (χ3n) is 4.02. The van der Waals surface area contributed by atoms with E-state index in [0.717, 1.165) is 5.56 Å². The number of aliphatic hydroxyl groups is 1. The van der Waals surface area contributed by atoms with Gasteiger partial charge in [-0.25, -0.2) is 0 Å². The standard InChI is InChI=1S/C20H24ClNO4/c1-14(12-20(22,24)16-4-3-5-17(21)11-16)13-26-18-8-6-15(7-9-18)10-19(23)25-2/h3-9,11,14,24H,10,12-13,22H2,1-2H3/t14-,20-/m1/s1. The van der Waals surface area contributed by atoms with Crippen LogP contribution in [-0.2, 0) is 21.7 Å². The minimum Gasteiger partial charge on any atom is -0.493 e. The number of rotatable bonds is 8. The van der Waals surface area contributed by atoms with Gasteiger partial charge in [0.25, 0.3) is 0 Å². The van der Waals surface area contributed by atoms with Crippen molar-refractivity contribution in [1.29, 1.82) is 0 Å². The Bertz CT molecular complexity index is 731. The molecule has 2 atom stereocenters. The Balaban J connectivity index is 1.88. The van der Waals surface area contributed by atoms with Crippen molar-refractivity contribution in [3.8, 4) is 5.75 Å². The molecule has 0 saturated heterocycles. The van der Waals surface area contributed by atoms with Gasteiger partial charge in [-0.3, -0.25) is 10.5 Å². The second kappa shape index (κ2) is 9.03. The largest absolute Gasteiger partial charge is 0.493 e. The molecule has 0 aliphatic carbocycles. The Labute approximate surface area is 158 Å².